The molecule has 0 radical (unpaired) electrons. The Hall–Kier alpha value is -0.940. The number of rotatable bonds is 4. The van der Waals surface area contributed by atoms with Gasteiger partial charge in [-0.15, -0.1) is 0 Å². The molecule has 4 nitrogen and oxygen atoms in total. The summed E-state index contributed by atoms with van der Waals surface area (Å²) in [6.45, 7) is 0. The van der Waals surface area contributed by atoms with Gasteiger partial charge in [0.25, 0.3) is 0 Å². The van der Waals surface area contributed by atoms with E-state index < -0.39 is 0 Å². The molecular formula is C12H16BrNO3. The van der Waals surface area contributed by atoms with Crippen LogP contribution in [0.4, 0.5) is 0 Å². The van der Waals surface area contributed by atoms with Crippen molar-refractivity contribution in [2.75, 3.05) is 14.2 Å². The fourth-order valence-electron chi connectivity index (χ4n) is 1.84. The van der Waals surface area contributed by atoms with Gasteiger partial charge in [0.2, 0.25) is 5.75 Å². The van der Waals surface area contributed by atoms with E-state index >= 15 is 0 Å². The van der Waals surface area contributed by atoms with Gasteiger partial charge in [0, 0.05) is 15.6 Å². The molecule has 1 aliphatic carbocycles. The first-order chi connectivity index (χ1) is 8.00. The molecule has 0 atom stereocenters. The average Bonchev–Trinajstić information content (AvgIpc) is 3.02. The highest BCUT2D eigenvalue weighted by molar-refractivity contribution is 9.10. The SMILES string of the molecule is COc1cc(Br)c(CC2(N)CC2)c(O)c1OC. The summed E-state index contributed by atoms with van der Waals surface area (Å²) in [5.41, 5.74) is 6.69. The third kappa shape index (κ3) is 2.35. The van der Waals surface area contributed by atoms with Crippen molar-refractivity contribution in [3.05, 3.63) is 16.1 Å². The Balaban J connectivity index is 2.44. The van der Waals surface area contributed by atoms with E-state index in [1.807, 2.05) is 0 Å². The van der Waals surface area contributed by atoms with Gasteiger partial charge in [-0.05, 0) is 25.3 Å². The van der Waals surface area contributed by atoms with E-state index in [0.717, 1.165) is 22.9 Å². The van der Waals surface area contributed by atoms with Crippen LogP contribution in [0.2, 0.25) is 0 Å². The quantitative estimate of drug-likeness (QED) is 0.895. The van der Waals surface area contributed by atoms with E-state index in [2.05, 4.69) is 15.9 Å². The second kappa shape index (κ2) is 4.38. The molecule has 17 heavy (non-hydrogen) atoms. The predicted molar refractivity (Wildman–Crippen MR) is 68.8 cm³/mol. The minimum atomic E-state index is -0.167. The molecular weight excluding hydrogens is 286 g/mol. The zero-order valence-corrected chi connectivity index (χ0v) is 11.5. The number of nitrogens with two attached hydrogens (primary N) is 1. The van der Waals surface area contributed by atoms with Crippen LogP contribution in [-0.4, -0.2) is 24.9 Å². The third-order valence-electron chi connectivity index (χ3n) is 3.12. The standard InChI is InChI=1S/C12H16BrNO3/c1-16-9-5-8(13)7(6-12(14)3-4-12)10(15)11(9)17-2/h5,15H,3-4,6,14H2,1-2H3. The molecule has 2 rings (SSSR count). The highest BCUT2D eigenvalue weighted by Gasteiger charge is 2.39. The van der Waals surface area contributed by atoms with Crippen molar-refractivity contribution >= 4 is 15.9 Å². The summed E-state index contributed by atoms with van der Waals surface area (Å²) in [7, 11) is 3.04. The molecule has 1 aliphatic rings. The predicted octanol–water partition coefficient (Wildman–Crippen LogP) is 2.21. The molecule has 0 heterocycles. The Bertz CT molecular complexity index is 444. The maximum Gasteiger partial charge on any atom is 0.203 e. The molecule has 0 bridgehead atoms. The van der Waals surface area contributed by atoms with Gasteiger partial charge in [-0.2, -0.15) is 0 Å². The second-order valence-corrected chi connectivity index (χ2v) is 5.31. The Morgan fingerprint density at radius 2 is 2.06 bits per heavy atom. The van der Waals surface area contributed by atoms with Crippen molar-refractivity contribution in [3.8, 4) is 17.2 Å². The van der Waals surface area contributed by atoms with Gasteiger partial charge in [-0.3, -0.25) is 0 Å². The number of benzene rings is 1. The number of hydrogen-bond donors (Lipinski definition) is 2. The van der Waals surface area contributed by atoms with E-state index in [0.29, 0.717) is 17.9 Å². The smallest absolute Gasteiger partial charge is 0.203 e. The molecule has 5 heteroatoms. The van der Waals surface area contributed by atoms with Crippen LogP contribution in [-0.2, 0) is 6.42 Å². The van der Waals surface area contributed by atoms with E-state index in [1.165, 1.54) is 14.2 Å². The summed E-state index contributed by atoms with van der Waals surface area (Å²) in [5.74, 6) is 0.966. The molecule has 94 valence electrons. The normalized spacial score (nSPS) is 16.7. The molecule has 0 saturated heterocycles. The Morgan fingerprint density at radius 3 is 2.53 bits per heavy atom. The lowest BCUT2D eigenvalue weighted by molar-refractivity contribution is 0.330. The van der Waals surface area contributed by atoms with Gasteiger partial charge in [-0.25, -0.2) is 0 Å². The number of aromatic hydroxyl groups is 1. The number of hydrogen-bond acceptors (Lipinski definition) is 4. The Kier molecular flexibility index (Phi) is 3.23. The first kappa shape index (κ1) is 12.5. The minimum absolute atomic E-state index is 0.107. The Labute approximate surface area is 109 Å². The molecule has 0 unspecified atom stereocenters. The molecule has 0 spiro atoms. The van der Waals surface area contributed by atoms with Gasteiger partial charge in [0.15, 0.2) is 11.5 Å². The van der Waals surface area contributed by atoms with Gasteiger partial charge < -0.3 is 20.3 Å². The van der Waals surface area contributed by atoms with Crippen LogP contribution in [0.5, 0.6) is 17.2 Å². The summed E-state index contributed by atoms with van der Waals surface area (Å²) in [6.07, 6.45) is 2.63. The lowest BCUT2D eigenvalue weighted by Gasteiger charge is -2.17. The second-order valence-electron chi connectivity index (χ2n) is 4.46. The van der Waals surface area contributed by atoms with Gasteiger partial charge in [0.05, 0.1) is 14.2 Å². The number of ether oxygens (including phenoxy) is 2. The summed E-state index contributed by atoms with van der Waals surface area (Å²) in [4.78, 5) is 0. The van der Waals surface area contributed by atoms with Crippen molar-refractivity contribution in [1.82, 2.24) is 0 Å². The van der Waals surface area contributed by atoms with Gasteiger partial charge >= 0.3 is 0 Å². The van der Waals surface area contributed by atoms with Crippen LogP contribution in [0.1, 0.15) is 18.4 Å². The first-order valence-corrected chi connectivity index (χ1v) is 6.21. The molecule has 1 aromatic rings. The number of halogens is 1. The van der Waals surface area contributed by atoms with Crippen LogP contribution < -0.4 is 15.2 Å². The first-order valence-electron chi connectivity index (χ1n) is 5.42. The monoisotopic (exact) mass is 301 g/mol. The van der Waals surface area contributed by atoms with Crippen molar-refractivity contribution in [2.24, 2.45) is 5.73 Å². The summed E-state index contributed by atoms with van der Waals surface area (Å²) < 4.78 is 11.1. The number of methoxy groups -OCH3 is 2. The highest BCUT2D eigenvalue weighted by Crippen LogP contribution is 2.47. The Morgan fingerprint density at radius 1 is 1.41 bits per heavy atom. The van der Waals surface area contributed by atoms with E-state index in [9.17, 15) is 5.11 Å². The maximum absolute atomic E-state index is 10.2. The number of phenols is 1. The molecule has 1 fully saturated rings. The van der Waals surface area contributed by atoms with Crippen LogP contribution in [0, 0.1) is 0 Å². The molecule has 0 aliphatic heterocycles. The lowest BCUT2D eigenvalue weighted by atomic mass is 10.0. The zero-order chi connectivity index (χ0) is 12.6. The third-order valence-corrected chi connectivity index (χ3v) is 3.82. The topological polar surface area (TPSA) is 64.7 Å². The van der Waals surface area contributed by atoms with Crippen LogP contribution >= 0.6 is 15.9 Å². The fourth-order valence-corrected chi connectivity index (χ4v) is 2.38. The molecule has 1 aromatic carbocycles. The highest BCUT2D eigenvalue weighted by atomic mass is 79.9. The van der Waals surface area contributed by atoms with Gasteiger partial charge in [0.1, 0.15) is 0 Å². The largest absolute Gasteiger partial charge is 0.504 e. The molecule has 3 N–H and O–H groups in total. The fraction of sp³-hybridized carbons (Fsp3) is 0.500. The minimum Gasteiger partial charge on any atom is -0.504 e. The van der Waals surface area contributed by atoms with Gasteiger partial charge in [-0.1, -0.05) is 15.9 Å². The summed E-state index contributed by atoms with van der Waals surface area (Å²) in [5, 5.41) is 10.2. The van der Waals surface area contributed by atoms with E-state index in [-0.39, 0.29) is 11.3 Å². The lowest BCUT2D eigenvalue weighted by Crippen LogP contribution is -2.24. The van der Waals surface area contributed by atoms with E-state index in [1.54, 1.807) is 6.07 Å². The van der Waals surface area contributed by atoms with Crippen molar-refractivity contribution < 1.29 is 14.6 Å². The van der Waals surface area contributed by atoms with Crippen molar-refractivity contribution in [2.45, 2.75) is 24.8 Å². The zero-order valence-electron chi connectivity index (χ0n) is 9.92. The number of phenolic OH excluding ortho intramolecular Hbond substituents is 1. The van der Waals surface area contributed by atoms with E-state index in [4.69, 9.17) is 15.2 Å². The van der Waals surface area contributed by atoms with Crippen molar-refractivity contribution in [1.29, 1.82) is 0 Å². The van der Waals surface area contributed by atoms with Crippen LogP contribution in [0.15, 0.2) is 10.5 Å². The molecule has 0 aromatic heterocycles. The summed E-state index contributed by atoms with van der Waals surface area (Å²) >= 11 is 3.43. The molecule has 1 saturated carbocycles. The average molecular weight is 302 g/mol. The van der Waals surface area contributed by atoms with Crippen LogP contribution in [0.25, 0.3) is 0 Å². The molecule has 0 amide bonds. The van der Waals surface area contributed by atoms with Crippen molar-refractivity contribution in [3.63, 3.8) is 0 Å². The van der Waals surface area contributed by atoms with Crippen LogP contribution in [0.3, 0.4) is 0 Å². The summed E-state index contributed by atoms with van der Waals surface area (Å²) in [6, 6.07) is 1.79. The maximum atomic E-state index is 10.2.